The summed E-state index contributed by atoms with van der Waals surface area (Å²) >= 11 is 0. The molecule has 1 aliphatic rings. The SMILES string of the molecule is C/C(Nc1ccc(CN(C)CCc2ccc([N+](=O)[O-])cc2)cc1)=C1/C(=O)Nc2ccc(N)cc21. The molecule has 1 amide bonds. The average molecular weight is 458 g/mol. The number of rotatable bonds is 8. The quantitative estimate of drug-likeness (QED) is 0.196. The van der Waals surface area contributed by atoms with Gasteiger partial charge in [-0.15, -0.1) is 0 Å². The Hall–Kier alpha value is -4.17. The molecule has 4 rings (SSSR count). The highest BCUT2D eigenvalue weighted by molar-refractivity contribution is 6.32. The molecule has 0 aromatic heterocycles. The number of amides is 1. The van der Waals surface area contributed by atoms with E-state index < -0.39 is 0 Å². The molecule has 0 aliphatic carbocycles. The van der Waals surface area contributed by atoms with Gasteiger partial charge in [-0.25, -0.2) is 0 Å². The fourth-order valence-corrected chi connectivity index (χ4v) is 4.02. The highest BCUT2D eigenvalue weighted by atomic mass is 16.6. The van der Waals surface area contributed by atoms with Gasteiger partial charge in [0, 0.05) is 53.5 Å². The van der Waals surface area contributed by atoms with Gasteiger partial charge in [0.25, 0.3) is 11.6 Å². The zero-order valence-corrected chi connectivity index (χ0v) is 19.2. The summed E-state index contributed by atoms with van der Waals surface area (Å²) in [6.07, 6.45) is 0.814. The van der Waals surface area contributed by atoms with Crippen LogP contribution in [0.4, 0.5) is 22.7 Å². The minimum Gasteiger partial charge on any atom is -0.399 e. The van der Waals surface area contributed by atoms with Crippen LogP contribution in [0.5, 0.6) is 0 Å². The summed E-state index contributed by atoms with van der Waals surface area (Å²) in [5.41, 5.74) is 12.7. The number of allylic oxidation sites excluding steroid dienone is 1. The second kappa shape index (κ2) is 9.76. The van der Waals surface area contributed by atoms with Gasteiger partial charge in [0.05, 0.1) is 10.5 Å². The van der Waals surface area contributed by atoms with Gasteiger partial charge in [-0.3, -0.25) is 14.9 Å². The van der Waals surface area contributed by atoms with Crippen LogP contribution in [0.3, 0.4) is 0 Å². The lowest BCUT2D eigenvalue weighted by atomic mass is 10.0. The van der Waals surface area contributed by atoms with Gasteiger partial charge < -0.3 is 21.3 Å². The first-order chi connectivity index (χ1) is 16.3. The van der Waals surface area contributed by atoms with Gasteiger partial charge >= 0.3 is 0 Å². The second-order valence-corrected chi connectivity index (χ2v) is 8.49. The summed E-state index contributed by atoms with van der Waals surface area (Å²) < 4.78 is 0. The molecule has 8 heteroatoms. The maximum atomic E-state index is 12.5. The van der Waals surface area contributed by atoms with E-state index in [9.17, 15) is 14.9 Å². The summed E-state index contributed by atoms with van der Waals surface area (Å²) in [6, 6.07) is 20.2. The second-order valence-electron chi connectivity index (χ2n) is 8.49. The van der Waals surface area contributed by atoms with Gasteiger partial charge in [-0.2, -0.15) is 0 Å². The van der Waals surface area contributed by atoms with E-state index in [1.165, 1.54) is 5.56 Å². The number of nitrogens with two attached hydrogens (primary N) is 1. The molecule has 0 spiro atoms. The Morgan fingerprint density at radius 3 is 2.41 bits per heavy atom. The van der Waals surface area contributed by atoms with Crippen molar-refractivity contribution in [1.82, 2.24) is 4.90 Å². The first-order valence-electron chi connectivity index (χ1n) is 11.0. The van der Waals surface area contributed by atoms with Crippen LogP contribution in [0.1, 0.15) is 23.6 Å². The number of nitrogens with zero attached hydrogens (tertiary/aromatic N) is 2. The van der Waals surface area contributed by atoms with Crippen LogP contribution in [0.2, 0.25) is 0 Å². The van der Waals surface area contributed by atoms with Crippen LogP contribution < -0.4 is 16.4 Å². The predicted molar refractivity (Wildman–Crippen MR) is 135 cm³/mol. The molecule has 1 heterocycles. The van der Waals surface area contributed by atoms with E-state index in [0.29, 0.717) is 11.3 Å². The van der Waals surface area contributed by atoms with E-state index >= 15 is 0 Å². The largest absolute Gasteiger partial charge is 0.399 e. The van der Waals surface area contributed by atoms with Crippen LogP contribution >= 0.6 is 0 Å². The number of nitrogens with one attached hydrogen (secondary N) is 2. The predicted octanol–water partition coefficient (Wildman–Crippen LogP) is 4.65. The normalized spacial score (nSPS) is 14.0. The number of carbonyl (C=O) groups is 1. The van der Waals surface area contributed by atoms with Crippen LogP contribution in [0.15, 0.2) is 72.4 Å². The van der Waals surface area contributed by atoms with Gasteiger partial charge in [0.1, 0.15) is 0 Å². The Bertz CT molecular complexity index is 1250. The number of likely N-dealkylation sites (N-methyl/N-ethyl adjacent to an activating group) is 1. The zero-order valence-electron chi connectivity index (χ0n) is 19.2. The molecule has 0 bridgehead atoms. The molecule has 0 radical (unpaired) electrons. The van der Waals surface area contributed by atoms with E-state index in [0.717, 1.165) is 47.7 Å². The van der Waals surface area contributed by atoms with Crippen LogP contribution in [0.25, 0.3) is 5.57 Å². The van der Waals surface area contributed by atoms with Crippen molar-refractivity contribution < 1.29 is 9.72 Å². The standard InChI is InChI=1S/C26H27N5O3/c1-17(25-23-15-20(27)7-12-24(23)29-26(25)32)28-21-8-3-19(4-9-21)16-30(2)14-13-18-5-10-22(11-6-18)31(33)34/h3-12,15,28H,13-14,16,27H2,1-2H3,(H,29,32)/b25-17-. The molecule has 174 valence electrons. The number of benzene rings is 3. The number of hydrogen-bond acceptors (Lipinski definition) is 6. The minimum atomic E-state index is -0.385. The van der Waals surface area contributed by atoms with Crippen molar-refractivity contribution in [2.24, 2.45) is 0 Å². The topological polar surface area (TPSA) is 114 Å². The lowest BCUT2D eigenvalue weighted by Crippen LogP contribution is -2.20. The van der Waals surface area contributed by atoms with E-state index in [1.54, 1.807) is 30.3 Å². The molecular weight excluding hydrogens is 430 g/mol. The average Bonchev–Trinajstić information content (AvgIpc) is 3.14. The van der Waals surface area contributed by atoms with Crippen molar-refractivity contribution in [2.45, 2.75) is 19.9 Å². The molecule has 3 aromatic rings. The monoisotopic (exact) mass is 457 g/mol. The lowest BCUT2D eigenvalue weighted by molar-refractivity contribution is -0.384. The maximum absolute atomic E-state index is 12.5. The van der Waals surface area contributed by atoms with E-state index in [4.69, 9.17) is 5.73 Å². The van der Waals surface area contributed by atoms with Crippen LogP contribution in [-0.2, 0) is 17.8 Å². The molecule has 3 aromatic carbocycles. The summed E-state index contributed by atoms with van der Waals surface area (Å²) in [5.74, 6) is -0.142. The van der Waals surface area contributed by atoms with Crippen molar-refractivity contribution in [3.63, 3.8) is 0 Å². The van der Waals surface area contributed by atoms with E-state index in [2.05, 4.69) is 27.7 Å². The number of nitro groups is 1. The highest BCUT2D eigenvalue weighted by Crippen LogP contribution is 2.35. The third kappa shape index (κ3) is 5.24. The molecule has 0 saturated carbocycles. The Balaban J connectivity index is 1.35. The Morgan fingerprint density at radius 1 is 1.06 bits per heavy atom. The third-order valence-electron chi connectivity index (χ3n) is 5.83. The number of anilines is 3. The van der Waals surface area contributed by atoms with Crippen molar-refractivity contribution in [1.29, 1.82) is 0 Å². The fourth-order valence-electron chi connectivity index (χ4n) is 4.02. The molecular formula is C26H27N5O3. The summed E-state index contributed by atoms with van der Waals surface area (Å²) in [4.78, 5) is 25.1. The molecule has 1 aliphatic heterocycles. The molecule has 8 nitrogen and oxygen atoms in total. The molecule has 0 unspecified atom stereocenters. The maximum Gasteiger partial charge on any atom is 0.269 e. The Kier molecular flexibility index (Phi) is 6.60. The van der Waals surface area contributed by atoms with Crippen LogP contribution in [-0.4, -0.2) is 29.3 Å². The van der Waals surface area contributed by atoms with Gasteiger partial charge in [-0.1, -0.05) is 24.3 Å². The molecule has 34 heavy (non-hydrogen) atoms. The van der Waals surface area contributed by atoms with Gasteiger partial charge in [-0.05, 0) is 61.9 Å². The fraction of sp³-hybridized carbons (Fsp3) is 0.192. The molecule has 4 N–H and O–H groups in total. The third-order valence-corrected chi connectivity index (χ3v) is 5.83. The number of nitrogen functional groups attached to an aromatic ring is 1. The molecule has 0 saturated heterocycles. The first kappa shape index (κ1) is 23.0. The first-order valence-corrected chi connectivity index (χ1v) is 11.0. The van der Waals surface area contributed by atoms with Crippen molar-refractivity contribution in [2.75, 3.05) is 30.0 Å². The van der Waals surface area contributed by atoms with Crippen molar-refractivity contribution in [3.8, 4) is 0 Å². The highest BCUT2D eigenvalue weighted by Gasteiger charge is 2.26. The van der Waals surface area contributed by atoms with Crippen LogP contribution in [0, 0.1) is 10.1 Å². The molecule has 0 fully saturated rings. The lowest BCUT2D eigenvalue weighted by Gasteiger charge is -2.17. The number of nitro benzene ring substituents is 1. The number of hydrogen-bond donors (Lipinski definition) is 3. The van der Waals surface area contributed by atoms with Gasteiger partial charge in [0.15, 0.2) is 0 Å². The van der Waals surface area contributed by atoms with Gasteiger partial charge in [0.2, 0.25) is 0 Å². The number of non-ortho nitro benzene ring substituents is 1. The summed E-state index contributed by atoms with van der Waals surface area (Å²) in [7, 11) is 2.05. The summed E-state index contributed by atoms with van der Waals surface area (Å²) in [5, 5.41) is 17.0. The minimum absolute atomic E-state index is 0.110. The van der Waals surface area contributed by atoms with E-state index in [1.807, 2.05) is 38.2 Å². The Morgan fingerprint density at radius 2 is 1.74 bits per heavy atom. The number of carbonyl (C=O) groups excluding carboxylic acids is 1. The number of fused-ring (bicyclic) bond motifs is 1. The zero-order chi connectivity index (χ0) is 24.2. The molecule has 0 atom stereocenters. The van der Waals surface area contributed by atoms with Crippen molar-refractivity contribution >= 4 is 34.2 Å². The van der Waals surface area contributed by atoms with Crippen molar-refractivity contribution in [3.05, 3.63) is 99.2 Å². The Labute approximate surface area is 198 Å². The smallest absolute Gasteiger partial charge is 0.269 e. The summed E-state index contributed by atoms with van der Waals surface area (Å²) in [6.45, 7) is 3.50. The van der Waals surface area contributed by atoms with E-state index in [-0.39, 0.29) is 16.5 Å².